The Morgan fingerprint density at radius 3 is 2.50 bits per heavy atom. The molecule has 0 saturated heterocycles. The SMILES string of the molecule is CCNCC1CCC(CC)CC1Cc1ccc(Br)cc1. The van der Waals surface area contributed by atoms with Crippen molar-refractivity contribution >= 4 is 15.9 Å². The normalized spacial score (nSPS) is 26.6. The first-order valence-corrected chi connectivity index (χ1v) is 8.97. The van der Waals surface area contributed by atoms with E-state index in [9.17, 15) is 0 Å². The van der Waals surface area contributed by atoms with Crippen molar-refractivity contribution in [3.05, 3.63) is 34.3 Å². The smallest absolute Gasteiger partial charge is 0.0175 e. The van der Waals surface area contributed by atoms with Crippen LogP contribution < -0.4 is 5.32 Å². The third kappa shape index (κ3) is 4.60. The van der Waals surface area contributed by atoms with Gasteiger partial charge in [0.1, 0.15) is 0 Å². The highest BCUT2D eigenvalue weighted by Gasteiger charge is 2.29. The van der Waals surface area contributed by atoms with E-state index in [0.29, 0.717) is 0 Å². The lowest BCUT2D eigenvalue weighted by Crippen LogP contribution is -2.34. The van der Waals surface area contributed by atoms with Crippen LogP contribution in [0.4, 0.5) is 0 Å². The van der Waals surface area contributed by atoms with E-state index in [-0.39, 0.29) is 0 Å². The van der Waals surface area contributed by atoms with Crippen molar-refractivity contribution < 1.29 is 0 Å². The van der Waals surface area contributed by atoms with Gasteiger partial charge in [0.05, 0.1) is 0 Å². The lowest BCUT2D eigenvalue weighted by molar-refractivity contribution is 0.172. The van der Waals surface area contributed by atoms with E-state index in [2.05, 4.69) is 59.4 Å². The Bertz CT molecular complexity index is 387. The van der Waals surface area contributed by atoms with Gasteiger partial charge in [0.2, 0.25) is 0 Å². The Morgan fingerprint density at radius 1 is 1.10 bits per heavy atom. The lowest BCUT2D eigenvalue weighted by atomic mass is 9.71. The summed E-state index contributed by atoms with van der Waals surface area (Å²) in [6.07, 6.45) is 6.86. The third-order valence-corrected chi connectivity index (χ3v) is 5.42. The second-order valence-corrected chi connectivity index (χ2v) is 7.16. The first-order valence-electron chi connectivity index (χ1n) is 8.18. The van der Waals surface area contributed by atoms with Crippen molar-refractivity contribution in [3.8, 4) is 0 Å². The predicted molar refractivity (Wildman–Crippen MR) is 91.0 cm³/mol. The average molecular weight is 338 g/mol. The summed E-state index contributed by atoms with van der Waals surface area (Å²) >= 11 is 3.53. The van der Waals surface area contributed by atoms with Crippen LogP contribution in [-0.2, 0) is 6.42 Å². The van der Waals surface area contributed by atoms with Crippen LogP contribution in [0.15, 0.2) is 28.7 Å². The molecule has 2 heteroatoms. The Kier molecular flexibility index (Phi) is 6.57. The first kappa shape index (κ1) is 16.0. The van der Waals surface area contributed by atoms with Crippen LogP contribution in [-0.4, -0.2) is 13.1 Å². The fourth-order valence-electron chi connectivity index (χ4n) is 3.57. The maximum Gasteiger partial charge on any atom is 0.0175 e. The minimum Gasteiger partial charge on any atom is -0.317 e. The zero-order chi connectivity index (χ0) is 14.4. The van der Waals surface area contributed by atoms with Gasteiger partial charge < -0.3 is 5.32 Å². The van der Waals surface area contributed by atoms with Gasteiger partial charge >= 0.3 is 0 Å². The molecule has 1 fully saturated rings. The molecule has 0 bridgehead atoms. The Labute approximate surface area is 132 Å². The van der Waals surface area contributed by atoms with Crippen LogP contribution in [0.2, 0.25) is 0 Å². The van der Waals surface area contributed by atoms with Crippen molar-refractivity contribution in [1.29, 1.82) is 0 Å². The molecule has 1 aliphatic rings. The van der Waals surface area contributed by atoms with Crippen LogP contribution in [0, 0.1) is 17.8 Å². The van der Waals surface area contributed by atoms with Crippen LogP contribution in [0.25, 0.3) is 0 Å². The second-order valence-electron chi connectivity index (χ2n) is 6.25. The van der Waals surface area contributed by atoms with Crippen molar-refractivity contribution in [2.45, 2.75) is 46.0 Å². The van der Waals surface area contributed by atoms with Crippen LogP contribution in [0.1, 0.15) is 45.1 Å². The van der Waals surface area contributed by atoms with Gasteiger partial charge in [-0.3, -0.25) is 0 Å². The summed E-state index contributed by atoms with van der Waals surface area (Å²) in [6, 6.07) is 8.91. The number of hydrogen-bond acceptors (Lipinski definition) is 1. The van der Waals surface area contributed by atoms with Crippen LogP contribution >= 0.6 is 15.9 Å². The molecule has 2 rings (SSSR count). The fraction of sp³-hybridized carbons (Fsp3) is 0.667. The largest absolute Gasteiger partial charge is 0.317 e. The summed E-state index contributed by atoms with van der Waals surface area (Å²) in [5.74, 6) is 2.67. The number of halogens is 1. The van der Waals surface area contributed by atoms with E-state index >= 15 is 0 Å². The topological polar surface area (TPSA) is 12.0 Å². The molecule has 3 unspecified atom stereocenters. The molecule has 1 saturated carbocycles. The molecular formula is C18H28BrN. The van der Waals surface area contributed by atoms with Gasteiger partial charge in [0, 0.05) is 4.47 Å². The molecule has 0 radical (unpaired) electrons. The quantitative estimate of drug-likeness (QED) is 0.766. The average Bonchev–Trinajstić information content (AvgIpc) is 2.48. The maximum atomic E-state index is 3.57. The van der Waals surface area contributed by atoms with Gasteiger partial charge in [-0.05, 0) is 67.8 Å². The lowest BCUT2D eigenvalue weighted by Gasteiger charge is -2.36. The molecule has 0 heterocycles. The van der Waals surface area contributed by atoms with Crippen molar-refractivity contribution in [3.63, 3.8) is 0 Å². The third-order valence-electron chi connectivity index (χ3n) is 4.89. The van der Waals surface area contributed by atoms with Gasteiger partial charge in [-0.1, -0.05) is 54.8 Å². The Morgan fingerprint density at radius 2 is 1.85 bits per heavy atom. The number of benzene rings is 1. The predicted octanol–water partition coefficient (Wildman–Crippen LogP) is 5.04. The molecule has 0 spiro atoms. The van der Waals surface area contributed by atoms with Crippen molar-refractivity contribution in [2.75, 3.05) is 13.1 Å². The molecule has 0 aromatic heterocycles. The minimum atomic E-state index is 0.855. The van der Waals surface area contributed by atoms with Crippen LogP contribution in [0.5, 0.6) is 0 Å². The van der Waals surface area contributed by atoms with Crippen molar-refractivity contribution in [1.82, 2.24) is 5.32 Å². The van der Waals surface area contributed by atoms with Gasteiger partial charge in [-0.15, -0.1) is 0 Å². The summed E-state index contributed by atoms with van der Waals surface area (Å²) < 4.78 is 1.18. The van der Waals surface area contributed by atoms with E-state index in [1.54, 1.807) is 0 Å². The molecule has 1 N–H and O–H groups in total. The van der Waals surface area contributed by atoms with Gasteiger partial charge in [0.15, 0.2) is 0 Å². The van der Waals surface area contributed by atoms with E-state index in [1.807, 2.05) is 0 Å². The zero-order valence-corrected chi connectivity index (χ0v) is 14.5. The summed E-state index contributed by atoms with van der Waals surface area (Å²) in [5.41, 5.74) is 1.50. The van der Waals surface area contributed by atoms with E-state index in [1.165, 1.54) is 48.7 Å². The minimum absolute atomic E-state index is 0.855. The number of hydrogen-bond donors (Lipinski definition) is 1. The summed E-state index contributed by atoms with van der Waals surface area (Å²) in [7, 11) is 0. The van der Waals surface area contributed by atoms with E-state index < -0.39 is 0 Å². The molecule has 1 nitrogen and oxygen atoms in total. The van der Waals surface area contributed by atoms with Gasteiger partial charge in [-0.25, -0.2) is 0 Å². The van der Waals surface area contributed by atoms with Crippen LogP contribution in [0.3, 0.4) is 0 Å². The number of rotatable bonds is 6. The van der Waals surface area contributed by atoms with Gasteiger partial charge in [0.25, 0.3) is 0 Å². The molecule has 1 aromatic carbocycles. The summed E-state index contributed by atoms with van der Waals surface area (Å²) in [5, 5.41) is 3.57. The zero-order valence-electron chi connectivity index (χ0n) is 12.9. The highest BCUT2D eigenvalue weighted by molar-refractivity contribution is 9.10. The molecule has 1 aliphatic carbocycles. The summed E-state index contributed by atoms with van der Waals surface area (Å²) in [4.78, 5) is 0. The van der Waals surface area contributed by atoms with Gasteiger partial charge in [-0.2, -0.15) is 0 Å². The highest BCUT2D eigenvalue weighted by atomic mass is 79.9. The van der Waals surface area contributed by atoms with E-state index in [4.69, 9.17) is 0 Å². The Balaban J connectivity index is 2.00. The molecule has 3 atom stereocenters. The Hall–Kier alpha value is -0.340. The fourth-order valence-corrected chi connectivity index (χ4v) is 3.83. The monoisotopic (exact) mass is 337 g/mol. The molecule has 112 valence electrons. The number of nitrogens with one attached hydrogen (secondary N) is 1. The maximum absolute atomic E-state index is 3.57. The molecule has 0 aliphatic heterocycles. The van der Waals surface area contributed by atoms with Crippen molar-refractivity contribution in [2.24, 2.45) is 17.8 Å². The molecule has 20 heavy (non-hydrogen) atoms. The second kappa shape index (κ2) is 8.19. The highest BCUT2D eigenvalue weighted by Crippen LogP contribution is 2.37. The standard InChI is InChI=1S/C18H28BrN/c1-3-14-5-8-16(13-20-4-2)17(11-14)12-15-6-9-18(19)10-7-15/h6-7,9-10,14,16-17,20H,3-5,8,11-13H2,1-2H3. The summed E-state index contributed by atoms with van der Waals surface area (Å²) in [6.45, 7) is 6.86. The first-order chi connectivity index (χ1) is 9.72. The van der Waals surface area contributed by atoms with E-state index in [0.717, 1.165) is 24.3 Å². The molecule has 1 aromatic rings. The molecule has 0 amide bonds. The molecular weight excluding hydrogens is 310 g/mol.